The molecule has 0 saturated heterocycles. The van der Waals surface area contributed by atoms with Crippen LogP contribution in [0.3, 0.4) is 0 Å². The molecule has 0 radical (unpaired) electrons. The molecule has 1 amide bonds. The number of carbonyl (C=O) groups excluding carboxylic acids is 1. The first-order valence-corrected chi connectivity index (χ1v) is 9.28. The molecule has 0 unspecified atom stereocenters. The van der Waals surface area contributed by atoms with Gasteiger partial charge in [-0.2, -0.15) is 0 Å². The molecule has 0 saturated carbocycles. The lowest BCUT2D eigenvalue weighted by Gasteiger charge is -2.02. The van der Waals surface area contributed by atoms with Gasteiger partial charge in [0.05, 0.1) is 5.69 Å². The monoisotopic (exact) mass is 396 g/mol. The first-order valence-electron chi connectivity index (χ1n) is 8.09. The fourth-order valence-corrected chi connectivity index (χ4v) is 3.76. The van der Waals surface area contributed by atoms with Crippen LogP contribution >= 0.6 is 22.9 Å². The van der Waals surface area contributed by atoms with Crippen LogP contribution in [0.2, 0.25) is 5.02 Å². The van der Waals surface area contributed by atoms with Gasteiger partial charge < -0.3 is 4.42 Å². The summed E-state index contributed by atoms with van der Waals surface area (Å²) in [6.45, 7) is 1.91. The number of hydrogen-bond acceptors (Lipinski definition) is 5. The predicted molar refractivity (Wildman–Crippen MR) is 108 cm³/mol. The minimum Gasteiger partial charge on any atom is -0.422 e. The molecule has 27 heavy (non-hydrogen) atoms. The third-order valence-corrected chi connectivity index (χ3v) is 5.12. The van der Waals surface area contributed by atoms with Gasteiger partial charge in [-0.15, -0.1) is 11.3 Å². The van der Waals surface area contributed by atoms with E-state index >= 15 is 0 Å². The van der Waals surface area contributed by atoms with Gasteiger partial charge in [0.25, 0.3) is 5.91 Å². The topological polar surface area (TPSA) is 72.2 Å². The number of amides is 1. The van der Waals surface area contributed by atoms with Crippen molar-refractivity contribution in [1.82, 2.24) is 4.98 Å². The lowest BCUT2D eigenvalue weighted by atomic mass is 10.1. The smallest absolute Gasteiger partial charge is 0.349 e. The Morgan fingerprint density at radius 2 is 1.96 bits per heavy atom. The second-order valence-electron chi connectivity index (χ2n) is 5.87. The van der Waals surface area contributed by atoms with E-state index in [1.54, 1.807) is 24.3 Å². The maximum absolute atomic E-state index is 12.6. The lowest BCUT2D eigenvalue weighted by molar-refractivity contribution is 0.102. The molecule has 0 aliphatic heterocycles. The molecule has 1 N–H and O–H groups in total. The highest BCUT2D eigenvalue weighted by atomic mass is 35.5. The van der Waals surface area contributed by atoms with E-state index in [0.29, 0.717) is 21.1 Å². The van der Waals surface area contributed by atoms with E-state index in [4.69, 9.17) is 16.0 Å². The molecule has 0 atom stereocenters. The summed E-state index contributed by atoms with van der Waals surface area (Å²) in [5.41, 5.74) is 1.29. The molecular weight excluding hydrogens is 384 g/mol. The first kappa shape index (κ1) is 17.5. The highest BCUT2D eigenvalue weighted by Gasteiger charge is 2.17. The first-order chi connectivity index (χ1) is 13.0. The van der Waals surface area contributed by atoms with E-state index in [1.165, 1.54) is 17.4 Å². The van der Waals surface area contributed by atoms with Crippen LogP contribution in [-0.2, 0) is 0 Å². The molecular formula is C20H13ClN2O3S. The molecule has 4 aromatic rings. The Hall–Kier alpha value is -2.96. The molecule has 5 nitrogen and oxygen atoms in total. The normalized spacial score (nSPS) is 10.9. The SMILES string of the molecule is Cc1sc(NC(=O)c2cc3ccccc3oc2=O)nc1-c1cccc(Cl)c1. The summed E-state index contributed by atoms with van der Waals surface area (Å²) in [5, 5.41) is 4.38. The average Bonchev–Trinajstić information content (AvgIpc) is 3.01. The number of anilines is 1. The van der Waals surface area contributed by atoms with Gasteiger partial charge in [0, 0.05) is 20.8 Å². The van der Waals surface area contributed by atoms with Crippen LogP contribution in [-0.4, -0.2) is 10.9 Å². The number of halogens is 1. The van der Waals surface area contributed by atoms with Crippen LogP contribution in [0, 0.1) is 6.92 Å². The zero-order chi connectivity index (χ0) is 19.0. The minimum atomic E-state index is -0.686. The van der Waals surface area contributed by atoms with E-state index in [0.717, 1.165) is 16.1 Å². The van der Waals surface area contributed by atoms with Gasteiger partial charge in [-0.05, 0) is 31.2 Å². The van der Waals surface area contributed by atoms with E-state index < -0.39 is 11.5 Å². The largest absolute Gasteiger partial charge is 0.422 e. The van der Waals surface area contributed by atoms with Gasteiger partial charge >= 0.3 is 5.63 Å². The van der Waals surface area contributed by atoms with Crippen molar-refractivity contribution in [3.8, 4) is 11.3 Å². The highest BCUT2D eigenvalue weighted by Crippen LogP contribution is 2.31. The molecule has 0 spiro atoms. The van der Waals surface area contributed by atoms with Crippen molar-refractivity contribution in [3.05, 3.63) is 80.5 Å². The predicted octanol–water partition coefficient (Wildman–Crippen LogP) is 5.13. The van der Waals surface area contributed by atoms with E-state index in [9.17, 15) is 9.59 Å². The minimum absolute atomic E-state index is 0.0640. The van der Waals surface area contributed by atoms with Gasteiger partial charge in [-0.25, -0.2) is 9.78 Å². The Balaban J connectivity index is 1.65. The summed E-state index contributed by atoms with van der Waals surface area (Å²) in [5.74, 6) is -0.555. The van der Waals surface area contributed by atoms with Gasteiger partial charge in [-0.1, -0.05) is 41.9 Å². The molecule has 0 aliphatic carbocycles. The summed E-state index contributed by atoms with van der Waals surface area (Å²) >= 11 is 7.37. The van der Waals surface area contributed by atoms with Crippen molar-refractivity contribution in [3.63, 3.8) is 0 Å². The number of nitrogens with zero attached hydrogens (tertiary/aromatic N) is 1. The summed E-state index contributed by atoms with van der Waals surface area (Å²) < 4.78 is 5.21. The standard InChI is InChI=1S/C20H13ClN2O3S/c1-11-17(13-6-4-7-14(21)9-13)22-20(27-11)23-18(24)15-10-12-5-2-3-8-16(12)26-19(15)25/h2-10H,1H3,(H,22,23,24). The van der Waals surface area contributed by atoms with Crippen LogP contribution < -0.4 is 10.9 Å². The molecule has 2 aromatic heterocycles. The van der Waals surface area contributed by atoms with Crippen molar-refractivity contribution in [2.24, 2.45) is 0 Å². The highest BCUT2D eigenvalue weighted by molar-refractivity contribution is 7.16. The number of aromatic nitrogens is 1. The Bertz CT molecular complexity index is 1230. The Morgan fingerprint density at radius 3 is 2.78 bits per heavy atom. The van der Waals surface area contributed by atoms with Gasteiger partial charge in [0.2, 0.25) is 0 Å². The number of fused-ring (bicyclic) bond motifs is 1. The van der Waals surface area contributed by atoms with Crippen LogP contribution in [0.4, 0.5) is 5.13 Å². The van der Waals surface area contributed by atoms with Crippen molar-refractivity contribution in [1.29, 1.82) is 0 Å². The number of benzene rings is 2. The number of thiazole rings is 1. The van der Waals surface area contributed by atoms with E-state index in [-0.39, 0.29) is 5.56 Å². The third kappa shape index (κ3) is 3.49. The van der Waals surface area contributed by atoms with Gasteiger partial charge in [0.15, 0.2) is 5.13 Å². The second kappa shape index (κ2) is 6.98. The Labute approximate surface area is 163 Å². The number of hydrogen-bond donors (Lipinski definition) is 1. The van der Waals surface area contributed by atoms with Crippen LogP contribution in [0.15, 0.2) is 63.8 Å². The summed E-state index contributed by atoms with van der Waals surface area (Å²) in [7, 11) is 0. The zero-order valence-electron chi connectivity index (χ0n) is 14.2. The summed E-state index contributed by atoms with van der Waals surface area (Å²) in [4.78, 5) is 30.1. The lowest BCUT2D eigenvalue weighted by Crippen LogP contribution is -2.20. The Kier molecular flexibility index (Phi) is 4.51. The third-order valence-electron chi connectivity index (χ3n) is 4.00. The molecule has 7 heteroatoms. The van der Waals surface area contributed by atoms with Crippen molar-refractivity contribution in [2.75, 3.05) is 5.32 Å². The number of nitrogens with one attached hydrogen (secondary N) is 1. The van der Waals surface area contributed by atoms with Gasteiger partial charge in [0.1, 0.15) is 11.1 Å². The molecule has 2 heterocycles. The fourth-order valence-electron chi connectivity index (χ4n) is 2.74. The zero-order valence-corrected chi connectivity index (χ0v) is 15.7. The van der Waals surface area contributed by atoms with Crippen LogP contribution in [0.1, 0.15) is 15.2 Å². The van der Waals surface area contributed by atoms with Crippen LogP contribution in [0.25, 0.3) is 22.2 Å². The quantitative estimate of drug-likeness (QED) is 0.487. The molecule has 0 bridgehead atoms. The molecule has 0 fully saturated rings. The van der Waals surface area contributed by atoms with Gasteiger partial charge in [-0.3, -0.25) is 10.1 Å². The van der Waals surface area contributed by atoms with E-state index in [2.05, 4.69) is 10.3 Å². The Morgan fingerprint density at radius 1 is 1.15 bits per heavy atom. The molecule has 134 valence electrons. The average molecular weight is 397 g/mol. The van der Waals surface area contributed by atoms with Crippen molar-refractivity contribution >= 4 is 44.9 Å². The number of rotatable bonds is 3. The number of aryl methyl sites for hydroxylation is 1. The van der Waals surface area contributed by atoms with E-state index in [1.807, 2.05) is 31.2 Å². The summed E-state index contributed by atoms with van der Waals surface area (Å²) in [6, 6.07) is 15.9. The summed E-state index contributed by atoms with van der Waals surface area (Å²) in [6.07, 6.45) is 0. The maximum atomic E-state index is 12.6. The molecule has 2 aromatic carbocycles. The number of carbonyl (C=O) groups is 1. The molecule has 4 rings (SSSR count). The van der Waals surface area contributed by atoms with Crippen molar-refractivity contribution in [2.45, 2.75) is 6.92 Å². The number of para-hydroxylation sites is 1. The maximum Gasteiger partial charge on any atom is 0.349 e. The molecule has 0 aliphatic rings. The second-order valence-corrected chi connectivity index (χ2v) is 7.51. The van der Waals surface area contributed by atoms with Crippen LogP contribution in [0.5, 0.6) is 0 Å². The fraction of sp³-hybridized carbons (Fsp3) is 0.0500. The van der Waals surface area contributed by atoms with Crippen molar-refractivity contribution < 1.29 is 9.21 Å².